The van der Waals surface area contributed by atoms with Gasteiger partial charge in [0.2, 0.25) is 0 Å². The zero-order valence-electron chi connectivity index (χ0n) is 17.5. The normalized spacial score (nSPS) is 13.4. The van der Waals surface area contributed by atoms with Crippen molar-refractivity contribution in [2.75, 3.05) is 0 Å². The van der Waals surface area contributed by atoms with Crippen molar-refractivity contribution in [3.63, 3.8) is 0 Å². The number of nitrogens with zero attached hydrogens (tertiary/aromatic N) is 6. The van der Waals surface area contributed by atoms with Gasteiger partial charge >= 0.3 is 0 Å². The summed E-state index contributed by atoms with van der Waals surface area (Å²) in [6.45, 7) is 1.54. The van der Waals surface area contributed by atoms with Gasteiger partial charge < -0.3 is 5.11 Å². The number of nitriles is 1. The molecular formula is C24H18F2N6O. The molecule has 0 saturated carbocycles. The molecule has 4 rings (SSSR count). The summed E-state index contributed by atoms with van der Waals surface area (Å²) >= 11 is 0. The van der Waals surface area contributed by atoms with Crippen LogP contribution in [0, 0.1) is 34.8 Å². The third-order valence-electron chi connectivity index (χ3n) is 5.32. The SMILES string of the molecule is C[C@@H](n1cc(C#Cc2ccc(C#N)cc2)cn1)[C@](O)(Cn1cncn1)c1ccc(F)cc1F. The van der Waals surface area contributed by atoms with Crippen molar-refractivity contribution >= 4 is 0 Å². The minimum atomic E-state index is -1.82. The number of halogens is 2. The Morgan fingerprint density at radius 1 is 1.06 bits per heavy atom. The zero-order valence-corrected chi connectivity index (χ0v) is 17.5. The van der Waals surface area contributed by atoms with Crippen LogP contribution in [0.25, 0.3) is 0 Å². The van der Waals surface area contributed by atoms with Crippen LogP contribution in [0.3, 0.4) is 0 Å². The number of hydrogen-bond acceptors (Lipinski definition) is 5. The molecular weight excluding hydrogens is 426 g/mol. The van der Waals surface area contributed by atoms with E-state index in [1.54, 1.807) is 37.4 Å². The van der Waals surface area contributed by atoms with Gasteiger partial charge in [-0.05, 0) is 37.3 Å². The first-order valence-electron chi connectivity index (χ1n) is 9.96. The Morgan fingerprint density at radius 3 is 2.45 bits per heavy atom. The molecule has 0 fully saturated rings. The van der Waals surface area contributed by atoms with Gasteiger partial charge in [-0.25, -0.2) is 18.4 Å². The zero-order chi connectivity index (χ0) is 23.4. The molecule has 0 bridgehead atoms. The molecule has 2 aromatic heterocycles. The van der Waals surface area contributed by atoms with Crippen molar-refractivity contribution in [1.29, 1.82) is 5.26 Å². The highest BCUT2D eigenvalue weighted by molar-refractivity contribution is 5.44. The number of aromatic nitrogens is 5. The van der Waals surface area contributed by atoms with Gasteiger partial charge in [-0.15, -0.1) is 0 Å². The topological polar surface area (TPSA) is 92.6 Å². The van der Waals surface area contributed by atoms with E-state index >= 15 is 0 Å². The highest BCUT2D eigenvalue weighted by atomic mass is 19.1. The molecule has 0 radical (unpaired) electrons. The van der Waals surface area contributed by atoms with Gasteiger partial charge in [-0.1, -0.05) is 17.9 Å². The Labute approximate surface area is 188 Å². The maximum Gasteiger partial charge on any atom is 0.137 e. The van der Waals surface area contributed by atoms with E-state index in [4.69, 9.17) is 5.26 Å². The summed E-state index contributed by atoms with van der Waals surface area (Å²) in [5.74, 6) is 4.35. The van der Waals surface area contributed by atoms with Gasteiger partial charge in [-0.2, -0.15) is 15.5 Å². The average Bonchev–Trinajstić information content (AvgIpc) is 3.49. The Balaban J connectivity index is 1.66. The molecule has 0 amide bonds. The van der Waals surface area contributed by atoms with Crippen molar-refractivity contribution in [2.24, 2.45) is 0 Å². The van der Waals surface area contributed by atoms with Gasteiger partial charge in [0.05, 0.1) is 36.0 Å². The molecule has 7 nitrogen and oxygen atoms in total. The highest BCUT2D eigenvalue weighted by Gasteiger charge is 2.40. The second-order valence-electron chi connectivity index (χ2n) is 7.47. The monoisotopic (exact) mass is 444 g/mol. The molecule has 2 heterocycles. The number of benzene rings is 2. The molecule has 0 aliphatic carbocycles. The Morgan fingerprint density at radius 2 is 1.79 bits per heavy atom. The van der Waals surface area contributed by atoms with E-state index in [9.17, 15) is 13.9 Å². The summed E-state index contributed by atoms with van der Waals surface area (Å²) in [5, 5.41) is 28.8. The molecule has 0 aliphatic rings. The predicted octanol–water partition coefficient (Wildman–Crippen LogP) is 3.17. The predicted molar refractivity (Wildman–Crippen MR) is 114 cm³/mol. The number of aliphatic hydroxyl groups is 1. The van der Waals surface area contributed by atoms with Crippen LogP contribution in [0.15, 0.2) is 67.5 Å². The van der Waals surface area contributed by atoms with E-state index in [0.717, 1.165) is 17.7 Å². The molecule has 2 aromatic carbocycles. The molecule has 4 aromatic rings. The third-order valence-corrected chi connectivity index (χ3v) is 5.32. The highest BCUT2D eigenvalue weighted by Crippen LogP contribution is 2.36. The maximum absolute atomic E-state index is 14.7. The van der Waals surface area contributed by atoms with E-state index in [2.05, 4.69) is 33.1 Å². The second-order valence-corrected chi connectivity index (χ2v) is 7.47. The summed E-state index contributed by atoms with van der Waals surface area (Å²) in [5.41, 5.74) is -0.0655. The first kappa shape index (κ1) is 21.9. The van der Waals surface area contributed by atoms with Crippen molar-refractivity contribution in [3.05, 3.63) is 101 Å². The van der Waals surface area contributed by atoms with E-state index in [1.807, 2.05) is 0 Å². The van der Waals surface area contributed by atoms with E-state index in [-0.39, 0.29) is 12.1 Å². The van der Waals surface area contributed by atoms with E-state index in [1.165, 1.54) is 34.3 Å². The van der Waals surface area contributed by atoms with Gasteiger partial charge in [0, 0.05) is 23.4 Å². The van der Waals surface area contributed by atoms with Gasteiger partial charge in [0.15, 0.2) is 0 Å². The van der Waals surface area contributed by atoms with Crippen LogP contribution in [0.2, 0.25) is 0 Å². The summed E-state index contributed by atoms with van der Waals surface area (Å²) in [6.07, 6.45) is 5.87. The van der Waals surface area contributed by atoms with Crippen molar-refractivity contribution in [3.8, 4) is 17.9 Å². The minimum Gasteiger partial charge on any atom is -0.381 e. The lowest BCUT2D eigenvalue weighted by Crippen LogP contribution is -2.40. The molecule has 0 aliphatic heterocycles. The lowest BCUT2D eigenvalue weighted by atomic mass is 9.86. The summed E-state index contributed by atoms with van der Waals surface area (Å²) in [6, 6.07) is 11.2. The number of hydrogen-bond donors (Lipinski definition) is 1. The van der Waals surface area contributed by atoms with Gasteiger partial charge in [-0.3, -0.25) is 4.68 Å². The fourth-order valence-corrected chi connectivity index (χ4v) is 3.45. The van der Waals surface area contributed by atoms with Crippen LogP contribution in [-0.2, 0) is 12.1 Å². The van der Waals surface area contributed by atoms with Gasteiger partial charge in [0.25, 0.3) is 0 Å². The van der Waals surface area contributed by atoms with Crippen LogP contribution >= 0.6 is 0 Å². The fraction of sp³-hybridized carbons (Fsp3) is 0.167. The molecule has 0 spiro atoms. The average molecular weight is 444 g/mol. The Kier molecular flexibility index (Phi) is 5.99. The lowest BCUT2D eigenvalue weighted by molar-refractivity contribution is -0.0369. The fourth-order valence-electron chi connectivity index (χ4n) is 3.45. The van der Waals surface area contributed by atoms with Crippen LogP contribution in [0.5, 0.6) is 0 Å². The molecule has 0 saturated heterocycles. The summed E-state index contributed by atoms with van der Waals surface area (Å²) in [7, 11) is 0. The third kappa shape index (κ3) is 4.64. The maximum atomic E-state index is 14.7. The smallest absolute Gasteiger partial charge is 0.137 e. The summed E-state index contributed by atoms with van der Waals surface area (Å²) < 4.78 is 31.1. The van der Waals surface area contributed by atoms with Crippen molar-refractivity contribution < 1.29 is 13.9 Å². The first-order chi connectivity index (χ1) is 15.9. The van der Waals surface area contributed by atoms with Crippen molar-refractivity contribution in [1.82, 2.24) is 24.5 Å². The van der Waals surface area contributed by atoms with Crippen LogP contribution in [0.4, 0.5) is 8.78 Å². The second kappa shape index (κ2) is 9.03. The van der Waals surface area contributed by atoms with Crippen LogP contribution in [0.1, 0.15) is 35.2 Å². The molecule has 2 atom stereocenters. The Hall–Kier alpha value is -4.34. The van der Waals surface area contributed by atoms with Crippen LogP contribution in [-0.4, -0.2) is 29.7 Å². The lowest BCUT2D eigenvalue weighted by Gasteiger charge is -2.34. The van der Waals surface area contributed by atoms with Crippen LogP contribution < -0.4 is 0 Å². The van der Waals surface area contributed by atoms with E-state index in [0.29, 0.717) is 11.1 Å². The summed E-state index contributed by atoms with van der Waals surface area (Å²) in [4.78, 5) is 3.87. The Bertz CT molecular complexity index is 1360. The standard InChI is InChI=1S/C24H18F2N6O/c1-17(32-13-20(12-29-32)7-4-18-2-5-19(11-27)6-3-18)24(33,14-31-16-28-15-30-31)22-9-8-21(25)10-23(22)26/h2-3,5-6,8-10,12-13,15-17,33H,14H2,1H3/t17-,24-/m1/s1. The van der Waals surface area contributed by atoms with E-state index < -0.39 is 23.3 Å². The number of rotatable bonds is 5. The molecule has 164 valence electrons. The molecule has 0 unspecified atom stereocenters. The minimum absolute atomic E-state index is 0.0902. The van der Waals surface area contributed by atoms with Crippen molar-refractivity contribution in [2.45, 2.75) is 25.1 Å². The molecule has 9 heteroatoms. The first-order valence-corrected chi connectivity index (χ1v) is 9.96. The quantitative estimate of drug-likeness (QED) is 0.478. The molecule has 33 heavy (non-hydrogen) atoms. The largest absolute Gasteiger partial charge is 0.381 e. The molecule has 1 N–H and O–H groups in total. The van der Waals surface area contributed by atoms with Gasteiger partial charge in [0.1, 0.15) is 29.9 Å².